The summed E-state index contributed by atoms with van der Waals surface area (Å²) >= 11 is 11.8. The van der Waals surface area contributed by atoms with Crippen LogP contribution in [0, 0.1) is 0 Å². The first-order chi connectivity index (χ1) is 9.09. The number of nitrogens with zero attached hydrogens (tertiary/aromatic N) is 1. The van der Waals surface area contributed by atoms with Gasteiger partial charge in [-0.3, -0.25) is 4.98 Å². The quantitative estimate of drug-likeness (QED) is 0.697. The van der Waals surface area contributed by atoms with Crippen LogP contribution < -0.4 is 5.73 Å². The Kier molecular flexibility index (Phi) is 4.24. The van der Waals surface area contributed by atoms with E-state index in [0.717, 1.165) is 0 Å². The van der Waals surface area contributed by atoms with Gasteiger partial charge in [-0.25, -0.2) is 4.79 Å². The smallest absolute Gasteiger partial charge is 0.342 e. The van der Waals surface area contributed by atoms with E-state index in [2.05, 4.69) is 4.98 Å². The van der Waals surface area contributed by atoms with Crippen molar-refractivity contribution in [2.75, 3.05) is 5.73 Å². The van der Waals surface area contributed by atoms with Crippen LogP contribution in [0.2, 0.25) is 10.0 Å². The zero-order chi connectivity index (χ0) is 13.8. The highest BCUT2D eigenvalue weighted by molar-refractivity contribution is 6.34. The third-order valence-corrected chi connectivity index (χ3v) is 3.12. The van der Waals surface area contributed by atoms with Crippen molar-refractivity contribution in [1.82, 2.24) is 4.98 Å². The number of ether oxygens (including phenoxy) is 1. The Morgan fingerprint density at radius 1 is 1.26 bits per heavy atom. The minimum Gasteiger partial charge on any atom is -0.457 e. The van der Waals surface area contributed by atoms with E-state index in [1.54, 1.807) is 30.5 Å². The number of anilines is 1. The molecule has 0 aliphatic carbocycles. The normalized spacial score (nSPS) is 10.2. The summed E-state index contributed by atoms with van der Waals surface area (Å²) in [4.78, 5) is 15.8. The molecule has 0 radical (unpaired) electrons. The van der Waals surface area contributed by atoms with Gasteiger partial charge in [-0.1, -0.05) is 29.3 Å². The summed E-state index contributed by atoms with van der Waals surface area (Å²) < 4.78 is 5.14. The van der Waals surface area contributed by atoms with Crippen LogP contribution in [-0.2, 0) is 11.3 Å². The van der Waals surface area contributed by atoms with Gasteiger partial charge in [-0.2, -0.15) is 0 Å². The lowest BCUT2D eigenvalue weighted by Crippen LogP contribution is -2.09. The summed E-state index contributed by atoms with van der Waals surface area (Å²) in [5, 5.41) is 0.688. The van der Waals surface area contributed by atoms with Gasteiger partial charge in [0.2, 0.25) is 0 Å². The van der Waals surface area contributed by atoms with E-state index < -0.39 is 5.97 Å². The van der Waals surface area contributed by atoms with E-state index in [-0.39, 0.29) is 22.9 Å². The molecule has 0 fully saturated rings. The molecule has 1 aromatic carbocycles. The van der Waals surface area contributed by atoms with Crippen molar-refractivity contribution >= 4 is 34.9 Å². The van der Waals surface area contributed by atoms with Crippen LogP contribution >= 0.6 is 23.2 Å². The lowest BCUT2D eigenvalue weighted by Gasteiger charge is -2.09. The Balaban J connectivity index is 2.13. The Morgan fingerprint density at radius 3 is 2.74 bits per heavy atom. The number of carbonyl (C=O) groups is 1. The number of hydrogen-bond donors (Lipinski definition) is 1. The van der Waals surface area contributed by atoms with E-state index in [1.807, 2.05) is 0 Å². The Hall–Kier alpha value is -1.78. The standard InChI is InChI=1S/C13H10Cl2N2O2/c14-9-2-1-3-11(16)12(9)13(18)19-7-8-4-5-17-6-10(8)15/h1-6H,7,16H2. The summed E-state index contributed by atoms with van der Waals surface area (Å²) in [5.74, 6) is -0.587. The molecule has 0 aliphatic heterocycles. The lowest BCUT2D eigenvalue weighted by atomic mass is 10.2. The first-order valence-corrected chi connectivity index (χ1v) is 6.14. The van der Waals surface area contributed by atoms with E-state index >= 15 is 0 Å². The molecular formula is C13H10Cl2N2O2. The third kappa shape index (κ3) is 3.16. The van der Waals surface area contributed by atoms with Crippen LogP contribution in [0.25, 0.3) is 0 Å². The van der Waals surface area contributed by atoms with Gasteiger partial charge in [0, 0.05) is 23.6 Å². The molecule has 0 saturated carbocycles. The average Bonchev–Trinajstić information content (AvgIpc) is 2.37. The highest BCUT2D eigenvalue weighted by Gasteiger charge is 2.15. The molecule has 98 valence electrons. The topological polar surface area (TPSA) is 65.2 Å². The van der Waals surface area contributed by atoms with Gasteiger partial charge < -0.3 is 10.5 Å². The molecule has 2 N–H and O–H groups in total. The lowest BCUT2D eigenvalue weighted by molar-refractivity contribution is 0.0474. The average molecular weight is 297 g/mol. The highest BCUT2D eigenvalue weighted by Crippen LogP contribution is 2.23. The molecule has 19 heavy (non-hydrogen) atoms. The second kappa shape index (κ2) is 5.91. The molecule has 0 aliphatic rings. The van der Waals surface area contributed by atoms with Crippen LogP contribution in [0.1, 0.15) is 15.9 Å². The van der Waals surface area contributed by atoms with Crippen molar-refractivity contribution in [2.24, 2.45) is 0 Å². The zero-order valence-corrected chi connectivity index (χ0v) is 11.3. The highest BCUT2D eigenvalue weighted by atomic mass is 35.5. The van der Waals surface area contributed by atoms with Crippen LogP contribution in [-0.4, -0.2) is 11.0 Å². The summed E-state index contributed by atoms with van der Waals surface area (Å²) in [6, 6.07) is 6.50. The number of nitrogens with two attached hydrogens (primary N) is 1. The molecule has 0 unspecified atom stereocenters. The van der Waals surface area contributed by atoms with Gasteiger partial charge in [-0.15, -0.1) is 0 Å². The maximum absolute atomic E-state index is 11.9. The van der Waals surface area contributed by atoms with Crippen LogP contribution in [0.15, 0.2) is 36.7 Å². The fraction of sp³-hybridized carbons (Fsp3) is 0.0769. The van der Waals surface area contributed by atoms with Crippen LogP contribution in [0.5, 0.6) is 0 Å². The second-order valence-electron chi connectivity index (χ2n) is 3.75. The predicted octanol–water partition coefficient (Wildman–Crippen LogP) is 3.33. The number of nitrogen functional groups attached to an aromatic ring is 1. The van der Waals surface area contributed by atoms with Crippen molar-refractivity contribution in [3.63, 3.8) is 0 Å². The van der Waals surface area contributed by atoms with E-state index in [9.17, 15) is 4.79 Å². The number of halogens is 2. The SMILES string of the molecule is Nc1cccc(Cl)c1C(=O)OCc1ccncc1Cl. The molecule has 0 bridgehead atoms. The van der Waals surface area contributed by atoms with Gasteiger partial charge in [-0.05, 0) is 18.2 Å². The molecule has 1 heterocycles. The van der Waals surface area contributed by atoms with Gasteiger partial charge >= 0.3 is 5.97 Å². The van der Waals surface area contributed by atoms with Crippen molar-refractivity contribution in [3.8, 4) is 0 Å². The fourth-order valence-corrected chi connectivity index (χ4v) is 1.93. The van der Waals surface area contributed by atoms with Gasteiger partial charge in [0.1, 0.15) is 12.2 Å². The zero-order valence-electron chi connectivity index (χ0n) is 9.77. The monoisotopic (exact) mass is 296 g/mol. The number of aromatic nitrogens is 1. The van der Waals surface area contributed by atoms with Crippen molar-refractivity contribution in [1.29, 1.82) is 0 Å². The van der Waals surface area contributed by atoms with E-state index in [0.29, 0.717) is 10.6 Å². The second-order valence-corrected chi connectivity index (χ2v) is 4.56. The third-order valence-electron chi connectivity index (χ3n) is 2.47. The number of benzene rings is 1. The number of pyridine rings is 1. The Morgan fingerprint density at radius 2 is 2.05 bits per heavy atom. The molecule has 4 nitrogen and oxygen atoms in total. The molecule has 0 atom stereocenters. The minimum absolute atomic E-state index is 0.0326. The minimum atomic E-state index is -0.587. The van der Waals surface area contributed by atoms with Gasteiger partial charge in [0.25, 0.3) is 0 Å². The van der Waals surface area contributed by atoms with Gasteiger partial charge in [0.05, 0.1) is 10.0 Å². The predicted molar refractivity (Wildman–Crippen MR) is 74.2 cm³/mol. The van der Waals surface area contributed by atoms with Crippen molar-refractivity contribution < 1.29 is 9.53 Å². The van der Waals surface area contributed by atoms with Crippen molar-refractivity contribution in [3.05, 3.63) is 57.8 Å². The van der Waals surface area contributed by atoms with Gasteiger partial charge in [0.15, 0.2) is 0 Å². The molecule has 0 spiro atoms. The maximum Gasteiger partial charge on any atom is 0.342 e. The molecule has 1 aromatic heterocycles. The summed E-state index contributed by atoms with van der Waals surface area (Å²) in [5.41, 5.74) is 6.80. The number of esters is 1. The molecule has 0 amide bonds. The molecule has 0 saturated heterocycles. The molecular weight excluding hydrogens is 287 g/mol. The number of rotatable bonds is 3. The van der Waals surface area contributed by atoms with E-state index in [4.69, 9.17) is 33.7 Å². The fourth-order valence-electron chi connectivity index (χ4n) is 1.49. The number of hydrogen-bond acceptors (Lipinski definition) is 4. The molecule has 2 rings (SSSR count). The Labute approximate surface area is 120 Å². The van der Waals surface area contributed by atoms with Crippen LogP contribution in [0.3, 0.4) is 0 Å². The first-order valence-electron chi connectivity index (χ1n) is 5.39. The largest absolute Gasteiger partial charge is 0.457 e. The number of carbonyl (C=O) groups excluding carboxylic acids is 1. The maximum atomic E-state index is 11.9. The summed E-state index contributed by atoms with van der Waals surface area (Å²) in [7, 11) is 0. The molecule has 2 aromatic rings. The summed E-state index contributed by atoms with van der Waals surface area (Å²) in [6.45, 7) is 0.0326. The van der Waals surface area contributed by atoms with E-state index in [1.165, 1.54) is 6.20 Å². The summed E-state index contributed by atoms with van der Waals surface area (Å²) in [6.07, 6.45) is 3.05. The van der Waals surface area contributed by atoms with Crippen molar-refractivity contribution in [2.45, 2.75) is 6.61 Å². The van der Waals surface area contributed by atoms with Crippen LogP contribution in [0.4, 0.5) is 5.69 Å². The first kappa shape index (κ1) is 13.6. The molecule has 6 heteroatoms. The Bertz CT molecular complexity index is 597.